The van der Waals surface area contributed by atoms with Crippen molar-refractivity contribution in [2.24, 2.45) is 0 Å². The third-order valence-corrected chi connectivity index (χ3v) is 7.54. The molecule has 0 spiro atoms. The Kier molecular flexibility index (Phi) is 8.91. The summed E-state index contributed by atoms with van der Waals surface area (Å²) in [6.07, 6.45) is -0.875. The summed E-state index contributed by atoms with van der Waals surface area (Å²) >= 11 is 0. The highest BCUT2D eigenvalue weighted by atomic mass is 16.6. The molecule has 0 bridgehead atoms. The number of benzene rings is 4. The summed E-state index contributed by atoms with van der Waals surface area (Å²) in [7, 11) is 0. The number of hydrogen-bond acceptors (Lipinski definition) is 8. The first kappa shape index (κ1) is 29.4. The van der Waals surface area contributed by atoms with Gasteiger partial charge in [0.25, 0.3) is 0 Å². The SMILES string of the molecule is CC(OC(=O)c1ccc(-c2ccc(OCC3CO3)cc2)cc1)C(C)OC(=O)c1ccc(-c2ccc(OCC3CO3)cc2)cc1. The Morgan fingerprint density at radius 2 is 0.864 bits per heavy atom. The van der Waals surface area contributed by atoms with E-state index in [9.17, 15) is 9.59 Å². The van der Waals surface area contributed by atoms with Crippen molar-refractivity contribution in [3.63, 3.8) is 0 Å². The molecule has 0 aromatic heterocycles. The van der Waals surface area contributed by atoms with Gasteiger partial charge in [-0.2, -0.15) is 0 Å². The van der Waals surface area contributed by atoms with Crippen LogP contribution in [-0.4, -0.2) is 62.8 Å². The van der Waals surface area contributed by atoms with Gasteiger partial charge in [0.05, 0.1) is 24.3 Å². The molecule has 2 aliphatic heterocycles. The molecule has 4 aromatic carbocycles. The van der Waals surface area contributed by atoms with Gasteiger partial charge in [-0.1, -0.05) is 48.5 Å². The number of carbonyl (C=O) groups excluding carboxylic acids is 2. The van der Waals surface area contributed by atoms with E-state index in [1.165, 1.54) is 0 Å². The van der Waals surface area contributed by atoms with Crippen molar-refractivity contribution < 1.29 is 38.0 Å². The van der Waals surface area contributed by atoms with Crippen LogP contribution in [0.5, 0.6) is 11.5 Å². The Morgan fingerprint density at radius 1 is 0.568 bits per heavy atom. The summed E-state index contributed by atoms with van der Waals surface area (Å²) in [6, 6.07) is 29.9. The van der Waals surface area contributed by atoms with Crippen LogP contribution in [0.3, 0.4) is 0 Å². The predicted octanol–water partition coefficient (Wildman–Crippen LogP) is 6.37. The fourth-order valence-electron chi connectivity index (χ4n) is 4.46. The lowest BCUT2D eigenvalue weighted by atomic mass is 10.0. The van der Waals surface area contributed by atoms with Crippen molar-refractivity contribution in [3.8, 4) is 33.8 Å². The molecule has 2 fully saturated rings. The average Bonchev–Trinajstić information content (AvgIpc) is 3.99. The lowest BCUT2D eigenvalue weighted by molar-refractivity contribution is -0.0239. The predicted molar refractivity (Wildman–Crippen MR) is 164 cm³/mol. The molecular weight excluding hydrogens is 560 g/mol. The van der Waals surface area contributed by atoms with E-state index in [0.717, 1.165) is 47.0 Å². The summed E-state index contributed by atoms with van der Waals surface area (Å²) in [5, 5.41) is 0. The molecule has 6 rings (SSSR count). The minimum Gasteiger partial charge on any atom is -0.491 e. The highest BCUT2D eigenvalue weighted by Gasteiger charge is 2.24. The van der Waals surface area contributed by atoms with Gasteiger partial charge in [0.15, 0.2) is 0 Å². The standard InChI is InChI=1S/C36H34O8/c1-23(43-35(37)29-7-3-25(4-8-29)27-11-15-31(16-12-27)39-19-33-21-41-33)24(2)44-36(38)30-9-5-26(6-10-30)28-13-17-32(18-14-28)40-20-34-22-42-34/h3-18,23-24,33-34H,19-22H2,1-2H3. The smallest absolute Gasteiger partial charge is 0.338 e. The number of carbonyl (C=O) groups is 2. The lowest BCUT2D eigenvalue weighted by Crippen LogP contribution is -2.30. The molecule has 44 heavy (non-hydrogen) atoms. The van der Waals surface area contributed by atoms with Crippen LogP contribution in [0.4, 0.5) is 0 Å². The zero-order chi connectivity index (χ0) is 30.5. The zero-order valence-corrected chi connectivity index (χ0v) is 24.6. The first-order valence-electron chi connectivity index (χ1n) is 14.7. The maximum Gasteiger partial charge on any atom is 0.338 e. The summed E-state index contributed by atoms with van der Waals surface area (Å²) in [4.78, 5) is 25.6. The van der Waals surface area contributed by atoms with Gasteiger partial charge in [-0.25, -0.2) is 9.59 Å². The van der Waals surface area contributed by atoms with Crippen LogP contribution in [-0.2, 0) is 18.9 Å². The second-order valence-corrected chi connectivity index (χ2v) is 11.0. The number of hydrogen-bond donors (Lipinski definition) is 0. The molecule has 2 aliphatic rings. The molecule has 2 saturated heterocycles. The normalized spacial score (nSPS) is 18.0. The van der Waals surface area contributed by atoms with Gasteiger partial charge < -0.3 is 28.4 Å². The van der Waals surface area contributed by atoms with Crippen molar-refractivity contribution >= 4 is 11.9 Å². The Hall–Kier alpha value is -4.66. The van der Waals surface area contributed by atoms with E-state index >= 15 is 0 Å². The molecule has 0 amide bonds. The maximum atomic E-state index is 12.8. The molecule has 0 saturated carbocycles. The minimum atomic E-state index is -0.647. The second-order valence-electron chi connectivity index (χ2n) is 11.0. The molecule has 0 aliphatic carbocycles. The van der Waals surface area contributed by atoms with Crippen LogP contribution in [0.25, 0.3) is 22.3 Å². The number of esters is 2. The van der Waals surface area contributed by atoms with E-state index in [1.54, 1.807) is 38.1 Å². The molecule has 8 nitrogen and oxygen atoms in total. The molecule has 4 unspecified atom stereocenters. The summed E-state index contributed by atoms with van der Waals surface area (Å²) in [6.45, 7) is 6.05. The van der Waals surface area contributed by atoms with Crippen LogP contribution in [0.2, 0.25) is 0 Å². The van der Waals surface area contributed by atoms with Crippen molar-refractivity contribution in [1.29, 1.82) is 0 Å². The van der Waals surface area contributed by atoms with Gasteiger partial charge in [0.1, 0.15) is 49.1 Å². The maximum absolute atomic E-state index is 12.8. The van der Waals surface area contributed by atoms with Crippen molar-refractivity contribution in [3.05, 3.63) is 108 Å². The Morgan fingerprint density at radius 3 is 1.16 bits per heavy atom. The summed E-state index contributed by atoms with van der Waals surface area (Å²) < 4.78 is 32.9. The third-order valence-electron chi connectivity index (χ3n) is 7.54. The fraction of sp³-hybridized carbons (Fsp3) is 0.278. The largest absolute Gasteiger partial charge is 0.491 e. The molecule has 226 valence electrons. The highest BCUT2D eigenvalue weighted by Crippen LogP contribution is 2.26. The van der Waals surface area contributed by atoms with Crippen molar-refractivity contribution in [2.45, 2.75) is 38.3 Å². The molecular formula is C36H34O8. The van der Waals surface area contributed by atoms with E-state index in [4.69, 9.17) is 28.4 Å². The van der Waals surface area contributed by atoms with E-state index in [0.29, 0.717) is 24.3 Å². The molecule has 2 heterocycles. The monoisotopic (exact) mass is 594 g/mol. The van der Waals surface area contributed by atoms with Gasteiger partial charge in [-0.3, -0.25) is 0 Å². The topological polar surface area (TPSA) is 96.1 Å². The molecule has 8 heteroatoms. The quantitative estimate of drug-likeness (QED) is 0.130. The Balaban J connectivity index is 0.974. The Labute approximate surface area is 256 Å². The Bertz CT molecular complexity index is 1430. The molecule has 0 N–H and O–H groups in total. The average molecular weight is 595 g/mol. The van der Waals surface area contributed by atoms with E-state index in [2.05, 4.69) is 0 Å². The van der Waals surface area contributed by atoms with E-state index in [1.807, 2.05) is 72.8 Å². The van der Waals surface area contributed by atoms with Crippen LogP contribution in [0.1, 0.15) is 34.6 Å². The van der Waals surface area contributed by atoms with Gasteiger partial charge >= 0.3 is 11.9 Å². The van der Waals surface area contributed by atoms with E-state index < -0.39 is 24.1 Å². The molecule has 4 aromatic rings. The number of epoxide rings is 2. The van der Waals surface area contributed by atoms with Gasteiger partial charge in [0.2, 0.25) is 0 Å². The van der Waals surface area contributed by atoms with Crippen LogP contribution >= 0.6 is 0 Å². The van der Waals surface area contributed by atoms with E-state index in [-0.39, 0.29) is 12.2 Å². The molecule has 0 radical (unpaired) electrons. The van der Waals surface area contributed by atoms with Crippen LogP contribution in [0, 0.1) is 0 Å². The third kappa shape index (κ3) is 7.83. The van der Waals surface area contributed by atoms with Crippen LogP contribution in [0.15, 0.2) is 97.1 Å². The first-order valence-corrected chi connectivity index (χ1v) is 14.7. The molecule has 4 atom stereocenters. The fourth-order valence-corrected chi connectivity index (χ4v) is 4.46. The number of ether oxygens (including phenoxy) is 6. The lowest BCUT2D eigenvalue weighted by Gasteiger charge is -2.21. The summed E-state index contributed by atoms with van der Waals surface area (Å²) in [5.41, 5.74) is 4.76. The van der Waals surface area contributed by atoms with Crippen LogP contribution < -0.4 is 9.47 Å². The van der Waals surface area contributed by atoms with Gasteiger partial charge in [-0.05, 0) is 84.6 Å². The van der Waals surface area contributed by atoms with Crippen molar-refractivity contribution in [2.75, 3.05) is 26.4 Å². The minimum absolute atomic E-state index is 0.209. The van der Waals surface area contributed by atoms with Crippen molar-refractivity contribution in [1.82, 2.24) is 0 Å². The highest BCUT2D eigenvalue weighted by molar-refractivity contribution is 5.91. The second kappa shape index (κ2) is 13.3. The summed E-state index contributed by atoms with van der Waals surface area (Å²) in [5.74, 6) is 0.606. The first-order chi connectivity index (χ1) is 21.4. The zero-order valence-electron chi connectivity index (χ0n) is 24.6. The number of rotatable bonds is 13. The van der Waals surface area contributed by atoms with Gasteiger partial charge in [0, 0.05) is 0 Å². The van der Waals surface area contributed by atoms with Gasteiger partial charge in [-0.15, -0.1) is 0 Å².